The van der Waals surface area contributed by atoms with Gasteiger partial charge in [-0.3, -0.25) is 4.72 Å². The van der Waals surface area contributed by atoms with E-state index in [0.29, 0.717) is 31.9 Å². The van der Waals surface area contributed by atoms with E-state index in [1.54, 1.807) is 63.2 Å². The fraction of sp³-hybridized carbons (Fsp3) is 0.150. The van der Waals surface area contributed by atoms with Crippen molar-refractivity contribution in [3.05, 3.63) is 74.4 Å². The molecule has 0 radical (unpaired) electrons. The molecule has 0 spiro atoms. The van der Waals surface area contributed by atoms with Crippen LogP contribution < -0.4 is 4.72 Å². The van der Waals surface area contributed by atoms with Gasteiger partial charge in [0.15, 0.2) is 0 Å². The first kappa shape index (κ1) is 20.9. The van der Waals surface area contributed by atoms with E-state index in [1.165, 1.54) is 0 Å². The van der Waals surface area contributed by atoms with E-state index in [-0.39, 0.29) is 10.7 Å². The number of sulfonamides is 1. The summed E-state index contributed by atoms with van der Waals surface area (Å²) in [7, 11) is -3.81. The van der Waals surface area contributed by atoms with Crippen LogP contribution in [0.3, 0.4) is 0 Å². The quantitative estimate of drug-likeness (QED) is 0.493. The van der Waals surface area contributed by atoms with Gasteiger partial charge in [-0.15, -0.1) is 0 Å². The van der Waals surface area contributed by atoms with E-state index in [1.807, 2.05) is 0 Å². The Labute approximate surface area is 179 Å². The Balaban J connectivity index is 1.96. The number of nitrogens with zero attached hydrogens (tertiary/aromatic N) is 1. The minimum atomic E-state index is -3.81. The first-order valence-corrected chi connectivity index (χ1v) is 10.9. The molecule has 8 heteroatoms. The number of aromatic nitrogens is 1. The number of aryl methyl sites for hydroxylation is 3. The molecular formula is C20H17Cl3N2O2S. The van der Waals surface area contributed by atoms with Crippen molar-refractivity contribution >= 4 is 50.6 Å². The minimum Gasteiger partial charge on any atom is -0.263 e. The number of nitrogens with one attached hydrogen (secondary N) is 1. The van der Waals surface area contributed by atoms with Crippen molar-refractivity contribution in [3.8, 4) is 11.1 Å². The summed E-state index contributed by atoms with van der Waals surface area (Å²) in [6.07, 6.45) is 0. The fourth-order valence-electron chi connectivity index (χ4n) is 2.85. The standard InChI is InChI=1S/C20H17Cl3N2O2S/c1-11-9-19(12(2)8-17(11)22)28(26,27)25-20-7-6-15(13(3)24-20)16-5-4-14(21)10-18(16)23/h4-10H,1-3H3,(H,24,25). The third-order valence-corrected chi connectivity index (χ3v) is 6.74. The molecule has 0 fully saturated rings. The average molecular weight is 456 g/mol. The van der Waals surface area contributed by atoms with Gasteiger partial charge in [0, 0.05) is 31.9 Å². The molecule has 1 aromatic heterocycles. The largest absolute Gasteiger partial charge is 0.263 e. The lowest BCUT2D eigenvalue weighted by Crippen LogP contribution is -2.15. The predicted molar refractivity (Wildman–Crippen MR) is 116 cm³/mol. The average Bonchev–Trinajstić information content (AvgIpc) is 2.58. The van der Waals surface area contributed by atoms with E-state index in [2.05, 4.69) is 9.71 Å². The summed E-state index contributed by atoms with van der Waals surface area (Å²) in [6.45, 7) is 5.24. The molecule has 0 aliphatic heterocycles. The summed E-state index contributed by atoms with van der Waals surface area (Å²) < 4.78 is 28.2. The second-order valence-electron chi connectivity index (χ2n) is 6.43. The third-order valence-electron chi connectivity index (χ3n) is 4.29. The lowest BCUT2D eigenvalue weighted by atomic mass is 10.0. The summed E-state index contributed by atoms with van der Waals surface area (Å²) in [5, 5.41) is 1.56. The molecule has 0 aliphatic rings. The maximum atomic E-state index is 12.8. The maximum absolute atomic E-state index is 12.8. The Kier molecular flexibility index (Phi) is 5.92. The molecule has 0 amide bonds. The molecular weight excluding hydrogens is 439 g/mol. The number of hydrogen-bond acceptors (Lipinski definition) is 3. The van der Waals surface area contributed by atoms with Gasteiger partial charge in [0.05, 0.1) is 4.90 Å². The number of rotatable bonds is 4. The van der Waals surface area contributed by atoms with Crippen LogP contribution in [-0.4, -0.2) is 13.4 Å². The SMILES string of the molecule is Cc1cc(S(=O)(=O)Nc2ccc(-c3ccc(Cl)cc3Cl)c(C)n2)c(C)cc1Cl. The van der Waals surface area contributed by atoms with Crippen molar-refractivity contribution in [1.82, 2.24) is 4.98 Å². The molecule has 0 unspecified atom stereocenters. The smallest absolute Gasteiger partial charge is 0.263 e. The van der Waals surface area contributed by atoms with E-state index < -0.39 is 10.0 Å². The van der Waals surface area contributed by atoms with E-state index in [4.69, 9.17) is 34.8 Å². The molecule has 2 aromatic carbocycles. The van der Waals surface area contributed by atoms with Crippen LogP contribution in [0.1, 0.15) is 16.8 Å². The van der Waals surface area contributed by atoms with Crippen LogP contribution in [0, 0.1) is 20.8 Å². The second-order valence-corrected chi connectivity index (χ2v) is 9.33. The number of pyridine rings is 1. The molecule has 0 bridgehead atoms. The van der Waals surface area contributed by atoms with Crippen molar-refractivity contribution in [1.29, 1.82) is 0 Å². The predicted octanol–water partition coefficient (Wildman–Crippen LogP) is 6.43. The monoisotopic (exact) mass is 454 g/mol. The van der Waals surface area contributed by atoms with Crippen LogP contribution in [0.4, 0.5) is 5.82 Å². The van der Waals surface area contributed by atoms with Crippen LogP contribution in [0.15, 0.2) is 47.4 Å². The van der Waals surface area contributed by atoms with Crippen molar-refractivity contribution in [2.75, 3.05) is 4.72 Å². The molecule has 0 saturated carbocycles. The highest BCUT2D eigenvalue weighted by atomic mass is 35.5. The number of hydrogen-bond donors (Lipinski definition) is 1. The molecule has 4 nitrogen and oxygen atoms in total. The lowest BCUT2D eigenvalue weighted by molar-refractivity contribution is 0.600. The number of benzene rings is 2. The highest BCUT2D eigenvalue weighted by Crippen LogP contribution is 2.33. The summed E-state index contributed by atoms with van der Waals surface area (Å²) in [5.41, 5.74) is 3.44. The van der Waals surface area contributed by atoms with Crippen LogP contribution in [0.5, 0.6) is 0 Å². The summed E-state index contributed by atoms with van der Waals surface area (Å²) >= 11 is 18.3. The first-order valence-electron chi connectivity index (χ1n) is 8.31. The van der Waals surface area contributed by atoms with Crippen molar-refractivity contribution in [2.45, 2.75) is 25.7 Å². The van der Waals surface area contributed by atoms with Gasteiger partial charge >= 0.3 is 0 Å². The van der Waals surface area contributed by atoms with Crippen LogP contribution in [0.2, 0.25) is 15.1 Å². The second kappa shape index (κ2) is 7.91. The van der Waals surface area contributed by atoms with Crippen LogP contribution in [0.25, 0.3) is 11.1 Å². The zero-order valence-corrected chi connectivity index (χ0v) is 18.4. The normalized spacial score (nSPS) is 11.5. The number of halogens is 3. The van der Waals surface area contributed by atoms with Gasteiger partial charge in [0.2, 0.25) is 0 Å². The van der Waals surface area contributed by atoms with Crippen LogP contribution >= 0.6 is 34.8 Å². The van der Waals surface area contributed by atoms with E-state index in [9.17, 15) is 8.42 Å². The van der Waals surface area contributed by atoms with Crippen LogP contribution in [-0.2, 0) is 10.0 Å². The van der Waals surface area contributed by atoms with Gasteiger partial charge in [-0.1, -0.05) is 40.9 Å². The Morgan fingerprint density at radius 3 is 2.14 bits per heavy atom. The summed E-state index contributed by atoms with van der Waals surface area (Å²) in [4.78, 5) is 4.55. The van der Waals surface area contributed by atoms with Gasteiger partial charge in [-0.05, 0) is 68.3 Å². The Bertz CT molecular complexity index is 1180. The minimum absolute atomic E-state index is 0.165. The molecule has 0 aliphatic carbocycles. The molecule has 3 rings (SSSR count). The highest BCUT2D eigenvalue weighted by molar-refractivity contribution is 7.92. The van der Waals surface area contributed by atoms with Gasteiger partial charge in [-0.25, -0.2) is 13.4 Å². The molecule has 146 valence electrons. The first-order chi connectivity index (χ1) is 13.1. The maximum Gasteiger partial charge on any atom is 0.263 e. The summed E-state index contributed by atoms with van der Waals surface area (Å²) in [5.74, 6) is 0.221. The molecule has 0 atom stereocenters. The third kappa shape index (κ3) is 4.28. The van der Waals surface area contributed by atoms with E-state index in [0.717, 1.165) is 11.1 Å². The highest BCUT2D eigenvalue weighted by Gasteiger charge is 2.19. The summed E-state index contributed by atoms with van der Waals surface area (Å²) in [6, 6.07) is 11.8. The van der Waals surface area contributed by atoms with Crippen molar-refractivity contribution < 1.29 is 8.42 Å². The van der Waals surface area contributed by atoms with Crippen molar-refractivity contribution in [3.63, 3.8) is 0 Å². The van der Waals surface area contributed by atoms with Gasteiger partial charge in [-0.2, -0.15) is 0 Å². The van der Waals surface area contributed by atoms with E-state index >= 15 is 0 Å². The Morgan fingerprint density at radius 1 is 0.821 bits per heavy atom. The molecule has 3 aromatic rings. The topological polar surface area (TPSA) is 59.1 Å². The lowest BCUT2D eigenvalue weighted by Gasteiger charge is -2.13. The molecule has 28 heavy (non-hydrogen) atoms. The zero-order valence-electron chi connectivity index (χ0n) is 15.3. The molecule has 1 N–H and O–H groups in total. The van der Waals surface area contributed by atoms with Gasteiger partial charge in [0.25, 0.3) is 10.0 Å². The zero-order chi connectivity index (χ0) is 20.6. The Hall–Kier alpha value is -1.79. The van der Waals surface area contributed by atoms with Gasteiger partial charge < -0.3 is 0 Å². The Morgan fingerprint density at radius 2 is 1.50 bits per heavy atom. The van der Waals surface area contributed by atoms with Gasteiger partial charge in [0.1, 0.15) is 5.82 Å². The number of anilines is 1. The molecule has 0 saturated heterocycles. The fourth-order valence-corrected chi connectivity index (χ4v) is 4.89. The molecule has 1 heterocycles. The van der Waals surface area contributed by atoms with Crippen molar-refractivity contribution in [2.24, 2.45) is 0 Å².